The molecule has 2 aromatic rings. The molecule has 5 heteroatoms. The van der Waals surface area contributed by atoms with E-state index < -0.39 is 5.97 Å². The van der Waals surface area contributed by atoms with Gasteiger partial charge >= 0.3 is 5.97 Å². The number of hydrogen-bond acceptors (Lipinski definition) is 3. The normalized spacial score (nSPS) is 10.9. The molecule has 102 valence electrons. The summed E-state index contributed by atoms with van der Waals surface area (Å²) in [6.07, 6.45) is 0.00301. The average molecular weight is 263 g/mol. The highest BCUT2D eigenvalue weighted by Crippen LogP contribution is 2.32. The molecular weight excluding hydrogens is 246 g/mol. The van der Waals surface area contributed by atoms with E-state index >= 15 is 0 Å². The van der Waals surface area contributed by atoms with Crippen LogP contribution in [0.2, 0.25) is 0 Å². The zero-order chi connectivity index (χ0) is 14.0. The maximum atomic E-state index is 11.0. The van der Waals surface area contributed by atoms with Crippen molar-refractivity contribution >= 4 is 16.9 Å². The molecule has 0 aliphatic heterocycles. The monoisotopic (exact) mass is 263 g/mol. The molecular formula is C14H17NO4. The standard InChI is InChI=1S/C14H17NO4/c1-4-18-9-5-11-10(7-12(15-11)14(16)17)13(6-9)19-8(2)3/h5-8,15H,4H2,1-3H3,(H,16,17). The number of aromatic amines is 1. The maximum absolute atomic E-state index is 11.0. The molecule has 0 spiro atoms. The lowest BCUT2D eigenvalue weighted by molar-refractivity contribution is 0.0691. The van der Waals surface area contributed by atoms with Crippen LogP contribution in [0.25, 0.3) is 10.9 Å². The summed E-state index contributed by atoms with van der Waals surface area (Å²) in [5.41, 5.74) is 0.830. The zero-order valence-corrected chi connectivity index (χ0v) is 11.2. The Bertz CT molecular complexity index is 601. The number of ether oxygens (including phenoxy) is 2. The number of fused-ring (bicyclic) bond motifs is 1. The number of rotatable bonds is 5. The van der Waals surface area contributed by atoms with Crippen LogP contribution in [0.4, 0.5) is 0 Å². The molecule has 0 bridgehead atoms. The molecule has 0 unspecified atom stereocenters. The van der Waals surface area contributed by atoms with E-state index in [1.54, 1.807) is 18.2 Å². The number of carbonyl (C=O) groups is 1. The average Bonchev–Trinajstić information content (AvgIpc) is 2.73. The molecule has 0 saturated heterocycles. The number of aromatic carboxylic acids is 1. The van der Waals surface area contributed by atoms with Gasteiger partial charge in [0.15, 0.2) is 0 Å². The molecule has 1 heterocycles. The Kier molecular flexibility index (Phi) is 3.64. The predicted octanol–water partition coefficient (Wildman–Crippen LogP) is 3.05. The van der Waals surface area contributed by atoms with Gasteiger partial charge in [-0.05, 0) is 26.8 Å². The van der Waals surface area contributed by atoms with Gasteiger partial charge in [-0.3, -0.25) is 0 Å². The second kappa shape index (κ2) is 5.22. The van der Waals surface area contributed by atoms with E-state index in [1.165, 1.54) is 0 Å². The number of carboxylic acid groups (broad SMARTS) is 1. The SMILES string of the molecule is CCOc1cc(OC(C)C)c2cc(C(=O)O)[nH]c2c1. The molecule has 0 fully saturated rings. The van der Waals surface area contributed by atoms with Gasteiger partial charge in [0.25, 0.3) is 0 Å². The number of carboxylic acids is 1. The van der Waals surface area contributed by atoms with Crippen LogP contribution in [0.3, 0.4) is 0 Å². The number of benzene rings is 1. The van der Waals surface area contributed by atoms with Crippen molar-refractivity contribution in [2.45, 2.75) is 26.9 Å². The first kappa shape index (κ1) is 13.3. The van der Waals surface area contributed by atoms with Crippen molar-refractivity contribution in [2.24, 2.45) is 0 Å². The maximum Gasteiger partial charge on any atom is 0.352 e. The third kappa shape index (κ3) is 2.81. The molecule has 1 aromatic heterocycles. The molecule has 0 saturated carbocycles. The minimum atomic E-state index is -0.996. The summed E-state index contributed by atoms with van der Waals surface area (Å²) in [7, 11) is 0. The molecule has 1 aromatic carbocycles. The van der Waals surface area contributed by atoms with Crippen molar-refractivity contribution in [3.8, 4) is 11.5 Å². The largest absolute Gasteiger partial charge is 0.494 e. The Morgan fingerprint density at radius 3 is 2.68 bits per heavy atom. The topological polar surface area (TPSA) is 71.6 Å². The highest BCUT2D eigenvalue weighted by Gasteiger charge is 2.14. The summed E-state index contributed by atoms with van der Waals surface area (Å²) in [6, 6.07) is 5.13. The van der Waals surface area contributed by atoms with E-state index in [4.69, 9.17) is 14.6 Å². The van der Waals surface area contributed by atoms with Gasteiger partial charge in [0, 0.05) is 17.5 Å². The highest BCUT2D eigenvalue weighted by molar-refractivity contribution is 5.96. The van der Waals surface area contributed by atoms with Crippen molar-refractivity contribution in [2.75, 3.05) is 6.61 Å². The van der Waals surface area contributed by atoms with E-state index in [0.717, 1.165) is 5.39 Å². The summed E-state index contributed by atoms with van der Waals surface area (Å²) in [5.74, 6) is 0.286. The Balaban J connectivity index is 2.56. The Morgan fingerprint density at radius 1 is 1.37 bits per heavy atom. The number of aromatic nitrogens is 1. The van der Waals surface area contributed by atoms with Gasteiger partial charge in [-0.2, -0.15) is 0 Å². The van der Waals surface area contributed by atoms with Crippen LogP contribution in [0.15, 0.2) is 18.2 Å². The summed E-state index contributed by atoms with van der Waals surface area (Å²) < 4.78 is 11.2. The first-order chi connectivity index (χ1) is 9.01. The highest BCUT2D eigenvalue weighted by atomic mass is 16.5. The van der Waals surface area contributed by atoms with Crippen LogP contribution in [-0.2, 0) is 0 Å². The Labute approximate surface area is 111 Å². The minimum Gasteiger partial charge on any atom is -0.494 e. The molecule has 0 aliphatic carbocycles. The van der Waals surface area contributed by atoms with Crippen LogP contribution >= 0.6 is 0 Å². The van der Waals surface area contributed by atoms with Crippen LogP contribution < -0.4 is 9.47 Å². The molecule has 5 nitrogen and oxygen atoms in total. The first-order valence-electron chi connectivity index (χ1n) is 6.20. The van der Waals surface area contributed by atoms with Crippen molar-refractivity contribution in [3.05, 3.63) is 23.9 Å². The summed E-state index contributed by atoms with van der Waals surface area (Å²) in [4.78, 5) is 13.9. The smallest absolute Gasteiger partial charge is 0.352 e. The lowest BCUT2D eigenvalue weighted by Crippen LogP contribution is -2.06. The quantitative estimate of drug-likeness (QED) is 0.869. The van der Waals surface area contributed by atoms with Crippen molar-refractivity contribution in [1.82, 2.24) is 4.98 Å². The van der Waals surface area contributed by atoms with Gasteiger partial charge in [0.2, 0.25) is 0 Å². The van der Waals surface area contributed by atoms with Gasteiger partial charge in [-0.1, -0.05) is 0 Å². The second-order valence-electron chi connectivity index (χ2n) is 4.47. The van der Waals surface area contributed by atoms with E-state index in [-0.39, 0.29) is 11.8 Å². The van der Waals surface area contributed by atoms with Gasteiger partial charge in [0.05, 0.1) is 18.2 Å². The molecule has 19 heavy (non-hydrogen) atoms. The summed E-state index contributed by atoms with van der Waals surface area (Å²) >= 11 is 0. The third-order valence-electron chi connectivity index (χ3n) is 2.58. The number of nitrogens with one attached hydrogen (secondary N) is 1. The fourth-order valence-corrected chi connectivity index (χ4v) is 1.90. The summed E-state index contributed by atoms with van der Waals surface area (Å²) in [6.45, 7) is 6.28. The fourth-order valence-electron chi connectivity index (χ4n) is 1.90. The molecule has 0 atom stereocenters. The first-order valence-corrected chi connectivity index (χ1v) is 6.20. The lowest BCUT2D eigenvalue weighted by Gasteiger charge is -2.12. The van der Waals surface area contributed by atoms with E-state index in [1.807, 2.05) is 20.8 Å². The molecule has 2 rings (SSSR count). The van der Waals surface area contributed by atoms with Crippen LogP contribution in [0.1, 0.15) is 31.3 Å². The van der Waals surface area contributed by atoms with Gasteiger partial charge < -0.3 is 19.6 Å². The molecule has 0 amide bonds. The second-order valence-corrected chi connectivity index (χ2v) is 4.47. The van der Waals surface area contributed by atoms with Crippen LogP contribution in [0, 0.1) is 0 Å². The van der Waals surface area contributed by atoms with Crippen molar-refractivity contribution < 1.29 is 19.4 Å². The summed E-state index contributed by atoms with van der Waals surface area (Å²) in [5, 5.41) is 9.77. The fraction of sp³-hybridized carbons (Fsp3) is 0.357. The Hall–Kier alpha value is -2.17. The molecule has 2 N–H and O–H groups in total. The number of hydrogen-bond donors (Lipinski definition) is 2. The third-order valence-corrected chi connectivity index (χ3v) is 2.58. The predicted molar refractivity (Wildman–Crippen MR) is 72.2 cm³/mol. The van der Waals surface area contributed by atoms with E-state index in [9.17, 15) is 4.79 Å². The van der Waals surface area contributed by atoms with Crippen LogP contribution in [-0.4, -0.2) is 28.8 Å². The van der Waals surface area contributed by atoms with Gasteiger partial charge in [-0.25, -0.2) is 4.79 Å². The van der Waals surface area contributed by atoms with E-state index in [0.29, 0.717) is 23.6 Å². The molecule has 0 aliphatic rings. The lowest BCUT2D eigenvalue weighted by atomic mass is 10.2. The number of H-pyrrole nitrogens is 1. The van der Waals surface area contributed by atoms with Crippen molar-refractivity contribution in [1.29, 1.82) is 0 Å². The minimum absolute atomic E-state index is 0.00301. The van der Waals surface area contributed by atoms with Crippen LogP contribution in [0.5, 0.6) is 11.5 Å². The Morgan fingerprint density at radius 2 is 2.11 bits per heavy atom. The molecule has 0 radical (unpaired) electrons. The van der Waals surface area contributed by atoms with Crippen molar-refractivity contribution in [3.63, 3.8) is 0 Å². The zero-order valence-electron chi connectivity index (χ0n) is 11.2. The van der Waals surface area contributed by atoms with E-state index in [2.05, 4.69) is 4.98 Å². The van der Waals surface area contributed by atoms with Gasteiger partial charge in [-0.15, -0.1) is 0 Å². The van der Waals surface area contributed by atoms with Gasteiger partial charge in [0.1, 0.15) is 17.2 Å².